The maximum atomic E-state index is 10.2. The summed E-state index contributed by atoms with van der Waals surface area (Å²) in [5.41, 5.74) is 10.6. The molecule has 29 heavy (non-hydrogen) atoms. The minimum absolute atomic E-state index is 0.00968. The highest BCUT2D eigenvalue weighted by Crippen LogP contribution is 2.39. The molecule has 0 saturated carbocycles. The second kappa shape index (κ2) is 6.47. The summed E-state index contributed by atoms with van der Waals surface area (Å²) < 4.78 is 1.88. The third kappa shape index (κ3) is 2.69. The number of aromatic hydroxyl groups is 1. The molecule has 0 radical (unpaired) electrons. The van der Waals surface area contributed by atoms with Gasteiger partial charge in [-0.1, -0.05) is 35.9 Å². The molecule has 0 bridgehead atoms. The van der Waals surface area contributed by atoms with Crippen LogP contribution < -0.4 is 5.73 Å². The molecule has 0 amide bonds. The van der Waals surface area contributed by atoms with Crippen molar-refractivity contribution in [1.29, 1.82) is 5.26 Å². The molecule has 0 saturated heterocycles. The normalized spacial score (nSPS) is 13.5. The summed E-state index contributed by atoms with van der Waals surface area (Å²) in [7, 11) is 0. The average Bonchev–Trinajstić information content (AvgIpc) is 3.32. The number of anilines is 1. The van der Waals surface area contributed by atoms with Gasteiger partial charge in [0, 0.05) is 5.56 Å². The monoisotopic (exact) mass is 402 g/mol. The molecule has 8 heteroatoms. The first kappa shape index (κ1) is 17.5. The van der Waals surface area contributed by atoms with Gasteiger partial charge in [0.2, 0.25) is 0 Å². The zero-order chi connectivity index (χ0) is 20.1. The molecule has 0 aliphatic heterocycles. The molecule has 0 fully saturated rings. The van der Waals surface area contributed by atoms with Crippen LogP contribution >= 0.6 is 11.6 Å². The molecule has 3 N–H and O–H groups in total. The fraction of sp³-hybridized carbons (Fsp3) is 0.143. The van der Waals surface area contributed by atoms with Crippen molar-refractivity contribution in [3.63, 3.8) is 0 Å². The number of nitrogen functional groups attached to an aromatic ring is 1. The summed E-state index contributed by atoms with van der Waals surface area (Å²) in [5.74, 6) is 0.104. The molecule has 2 heterocycles. The van der Waals surface area contributed by atoms with Crippen molar-refractivity contribution < 1.29 is 5.11 Å². The minimum atomic E-state index is -0.188. The van der Waals surface area contributed by atoms with Crippen LogP contribution in [0.1, 0.15) is 22.7 Å². The van der Waals surface area contributed by atoms with E-state index in [1.165, 1.54) is 23.5 Å². The number of phenols is 1. The second-order valence-electron chi connectivity index (χ2n) is 7.05. The Balaban J connectivity index is 1.71. The van der Waals surface area contributed by atoms with Crippen molar-refractivity contribution in [2.45, 2.75) is 18.9 Å². The predicted molar refractivity (Wildman–Crippen MR) is 109 cm³/mol. The number of nitrogens with two attached hydrogens (primary N) is 1. The zero-order valence-electron chi connectivity index (χ0n) is 15.2. The molecular formula is C21H15ClN6O. The first-order chi connectivity index (χ1) is 14.1. The number of hydrogen-bond donors (Lipinski definition) is 2. The van der Waals surface area contributed by atoms with Crippen LogP contribution in [0.15, 0.2) is 42.7 Å². The number of hydrogen-bond acceptors (Lipinski definition) is 6. The predicted octanol–water partition coefficient (Wildman–Crippen LogP) is 3.65. The first-order valence-electron chi connectivity index (χ1n) is 9.05. The third-order valence-electron chi connectivity index (χ3n) is 5.34. The van der Waals surface area contributed by atoms with Gasteiger partial charge in [-0.3, -0.25) is 0 Å². The molecule has 1 aliphatic rings. The van der Waals surface area contributed by atoms with E-state index in [1.807, 2.05) is 22.9 Å². The lowest BCUT2D eigenvalue weighted by molar-refractivity contribution is 0.475. The topological polar surface area (TPSA) is 114 Å². The number of halogens is 1. The van der Waals surface area contributed by atoms with Crippen LogP contribution in [0, 0.1) is 11.3 Å². The van der Waals surface area contributed by atoms with Gasteiger partial charge in [-0.05, 0) is 36.1 Å². The third-order valence-corrected chi connectivity index (χ3v) is 5.74. The molecule has 0 unspecified atom stereocenters. The zero-order valence-corrected chi connectivity index (χ0v) is 15.9. The van der Waals surface area contributed by atoms with E-state index in [9.17, 15) is 10.4 Å². The Morgan fingerprint density at radius 2 is 1.90 bits per heavy atom. The Morgan fingerprint density at radius 3 is 2.59 bits per heavy atom. The smallest absolute Gasteiger partial charge is 0.164 e. The second-order valence-corrected chi connectivity index (χ2v) is 7.43. The van der Waals surface area contributed by atoms with Crippen LogP contribution in [-0.4, -0.2) is 24.9 Å². The van der Waals surface area contributed by atoms with E-state index in [-0.39, 0.29) is 22.4 Å². The quantitative estimate of drug-likeness (QED) is 0.529. The Bertz CT molecular complexity index is 1300. The van der Waals surface area contributed by atoms with Gasteiger partial charge in [0.1, 0.15) is 34.7 Å². The fourth-order valence-electron chi connectivity index (χ4n) is 3.99. The lowest BCUT2D eigenvalue weighted by atomic mass is 10.1. The Morgan fingerprint density at radius 1 is 1.17 bits per heavy atom. The number of nitriles is 1. The van der Waals surface area contributed by atoms with Crippen molar-refractivity contribution in [3.8, 4) is 23.1 Å². The molecule has 1 aliphatic carbocycles. The maximum Gasteiger partial charge on any atom is 0.164 e. The minimum Gasteiger partial charge on any atom is -0.506 e. The molecule has 5 rings (SSSR count). The molecule has 0 atom stereocenters. The van der Waals surface area contributed by atoms with Gasteiger partial charge in [-0.25, -0.2) is 14.6 Å². The van der Waals surface area contributed by atoms with E-state index in [2.05, 4.69) is 22.1 Å². The molecule has 142 valence electrons. The highest BCUT2D eigenvalue weighted by molar-refractivity contribution is 6.33. The van der Waals surface area contributed by atoms with Crippen molar-refractivity contribution in [2.24, 2.45) is 0 Å². The van der Waals surface area contributed by atoms with Gasteiger partial charge in [0.05, 0.1) is 17.0 Å². The Hall–Kier alpha value is -3.63. The standard InChI is InChI=1S/C21H15ClN6O/c22-18-14(9-23)5-13(8-16(18)29)19-17-20(24)25-10-26-21(17)28(27-19)15-6-11-3-1-2-4-12(11)7-15/h1-5,8,10,15,29H,6-7H2,(H2,24,25,26). The highest BCUT2D eigenvalue weighted by Gasteiger charge is 2.28. The summed E-state index contributed by atoms with van der Waals surface area (Å²) in [6.07, 6.45) is 3.10. The van der Waals surface area contributed by atoms with Crippen molar-refractivity contribution >= 4 is 28.5 Å². The summed E-state index contributed by atoms with van der Waals surface area (Å²) >= 11 is 6.02. The maximum absolute atomic E-state index is 10.2. The lowest BCUT2D eigenvalue weighted by Crippen LogP contribution is -2.11. The Kier molecular flexibility index (Phi) is 3.89. The summed E-state index contributed by atoms with van der Waals surface area (Å²) in [5, 5.41) is 24.9. The lowest BCUT2D eigenvalue weighted by Gasteiger charge is -2.10. The van der Waals surface area contributed by atoms with Crippen LogP contribution in [-0.2, 0) is 12.8 Å². The van der Waals surface area contributed by atoms with E-state index in [0.717, 1.165) is 12.8 Å². The fourth-order valence-corrected chi connectivity index (χ4v) is 4.14. The SMILES string of the molecule is N#Cc1cc(-c2nn(C3Cc4ccccc4C3)c3ncnc(N)c23)cc(O)c1Cl. The highest BCUT2D eigenvalue weighted by atomic mass is 35.5. The molecule has 4 aromatic rings. The first-order valence-corrected chi connectivity index (χ1v) is 9.43. The van der Waals surface area contributed by atoms with Crippen LogP contribution in [0.4, 0.5) is 5.82 Å². The van der Waals surface area contributed by atoms with E-state index >= 15 is 0 Å². The van der Waals surface area contributed by atoms with E-state index in [0.29, 0.717) is 28.1 Å². The number of nitrogens with zero attached hydrogens (tertiary/aromatic N) is 5. The number of fused-ring (bicyclic) bond motifs is 2. The van der Waals surface area contributed by atoms with Crippen LogP contribution in [0.25, 0.3) is 22.3 Å². The van der Waals surface area contributed by atoms with Crippen LogP contribution in [0.5, 0.6) is 5.75 Å². The molecular weight excluding hydrogens is 388 g/mol. The van der Waals surface area contributed by atoms with Gasteiger partial charge in [-0.2, -0.15) is 10.4 Å². The Labute approximate surface area is 171 Å². The van der Waals surface area contributed by atoms with Gasteiger partial charge < -0.3 is 10.8 Å². The molecule has 2 aromatic carbocycles. The van der Waals surface area contributed by atoms with Gasteiger partial charge in [0.15, 0.2) is 5.65 Å². The van der Waals surface area contributed by atoms with Crippen molar-refractivity contribution in [1.82, 2.24) is 19.7 Å². The van der Waals surface area contributed by atoms with Crippen LogP contribution in [0.2, 0.25) is 5.02 Å². The van der Waals surface area contributed by atoms with Gasteiger partial charge in [0.25, 0.3) is 0 Å². The summed E-state index contributed by atoms with van der Waals surface area (Å²) in [4.78, 5) is 8.55. The van der Waals surface area contributed by atoms with Crippen molar-refractivity contribution in [3.05, 3.63) is 64.4 Å². The summed E-state index contributed by atoms with van der Waals surface area (Å²) in [6.45, 7) is 0. The number of phenolic OH excluding ortho intramolecular Hbond substituents is 1. The summed E-state index contributed by atoms with van der Waals surface area (Å²) in [6, 6.07) is 13.5. The largest absolute Gasteiger partial charge is 0.506 e. The number of rotatable bonds is 2. The molecule has 0 spiro atoms. The average molecular weight is 403 g/mol. The van der Waals surface area contributed by atoms with Crippen molar-refractivity contribution in [2.75, 3.05) is 5.73 Å². The molecule has 7 nitrogen and oxygen atoms in total. The van der Waals surface area contributed by atoms with Crippen LogP contribution in [0.3, 0.4) is 0 Å². The van der Waals surface area contributed by atoms with E-state index < -0.39 is 0 Å². The van der Waals surface area contributed by atoms with Gasteiger partial charge >= 0.3 is 0 Å². The number of aromatic nitrogens is 4. The van der Waals surface area contributed by atoms with Gasteiger partial charge in [-0.15, -0.1) is 0 Å². The molecule has 2 aromatic heterocycles. The van der Waals surface area contributed by atoms with E-state index in [4.69, 9.17) is 22.4 Å². The number of benzene rings is 2. The van der Waals surface area contributed by atoms with E-state index in [1.54, 1.807) is 6.07 Å².